The molecule has 0 radical (unpaired) electrons. The predicted molar refractivity (Wildman–Crippen MR) is 56.0 cm³/mol. The van der Waals surface area contributed by atoms with Crippen LogP contribution >= 0.6 is 11.3 Å². The van der Waals surface area contributed by atoms with Crippen LogP contribution in [0.15, 0.2) is 52.6 Å². The van der Waals surface area contributed by atoms with Gasteiger partial charge in [-0.25, -0.2) is 0 Å². The number of hydrogen-bond donors (Lipinski definition) is 0. The molecule has 0 amide bonds. The summed E-state index contributed by atoms with van der Waals surface area (Å²) in [6.07, 6.45) is 0. The van der Waals surface area contributed by atoms with Crippen LogP contribution in [-0.4, -0.2) is 0 Å². The van der Waals surface area contributed by atoms with Crippen molar-refractivity contribution in [1.82, 2.24) is 0 Å². The van der Waals surface area contributed by atoms with E-state index in [1.807, 2.05) is 35.7 Å². The Morgan fingerprint density at radius 2 is 1.77 bits per heavy atom. The average Bonchev–Trinajstić information content (AvgIpc) is 2.56. The van der Waals surface area contributed by atoms with Crippen LogP contribution in [0.4, 0.5) is 0 Å². The van der Waals surface area contributed by atoms with Crippen molar-refractivity contribution in [1.29, 1.82) is 0 Å². The Morgan fingerprint density at radius 3 is 2.54 bits per heavy atom. The van der Waals surface area contributed by atoms with Crippen molar-refractivity contribution in [3.05, 3.63) is 58.1 Å². The Hall–Kier alpha value is -1.41. The van der Waals surface area contributed by atoms with Gasteiger partial charge in [0, 0.05) is 10.4 Å². The van der Waals surface area contributed by atoms with Crippen LogP contribution in [0.25, 0.3) is 10.4 Å². The maximum Gasteiger partial charge on any atom is 0.187 e. The highest BCUT2D eigenvalue weighted by atomic mass is 32.1. The fourth-order valence-electron chi connectivity index (χ4n) is 1.17. The zero-order valence-electron chi connectivity index (χ0n) is 6.94. The third-order valence-electron chi connectivity index (χ3n) is 1.78. The first-order chi connectivity index (χ1) is 6.38. The lowest BCUT2D eigenvalue weighted by molar-refractivity contribution is 1.66. The second kappa shape index (κ2) is 3.54. The van der Waals surface area contributed by atoms with E-state index in [1.54, 1.807) is 23.5 Å². The van der Waals surface area contributed by atoms with E-state index in [0.29, 0.717) is 0 Å². The summed E-state index contributed by atoms with van der Waals surface area (Å²) in [5.41, 5.74) is 0.854. The highest BCUT2D eigenvalue weighted by molar-refractivity contribution is 7.13. The van der Waals surface area contributed by atoms with Crippen LogP contribution in [-0.2, 0) is 0 Å². The molecule has 0 unspecified atom stereocenters. The van der Waals surface area contributed by atoms with Gasteiger partial charge in [0.15, 0.2) is 5.43 Å². The van der Waals surface area contributed by atoms with E-state index in [2.05, 4.69) is 0 Å². The van der Waals surface area contributed by atoms with E-state index < -0.39 is 0 Å². The molecule has 0 aliphatic heterocycles. The molecule has 64 valence electrons. The Kier molecular flexibility index (Phi) is 2.23. The lowest BCUT2D eigenvalue weighted by Gasteiger charge is -1.88. The molecule has 0 fully saturated rings. The van der Waals surface area contributed by atoms with Gasteiger partial charge in [-0.3, -0.25) is 4.79 Å². The molecule has 0 N–H and O–H groups in total. The molecule has 0 atom stereocenters. The monoisotopic (exact) mass is 188 g/mol. The molecular weight excluding hydrogens is 180 g/mol. The van der Waals surface area contributed by atoms with Gasteiger partial charge in [0.05, 0.1) is 0 Å². The van der Waals surface area contributed by atoms with Crippen molar-refractivity contribution >= 4 is 11.3 Å². The maximum atomic E-state index is 11.5. The number of hydrogen-bond acceptors (Lipinski definition) is 2. The van der Waals surface area contributed by atoms with Crippen LogP contribution in [0.5, 0.6) is 0 Å². The highest BCUT2D eigenvalue weighted by Crippen LogP contribution is 2.20. The van der Waals surface area contributed by atoms with E-state index in [1.165, 1.54) is 0 Å². The number of thiophene rings is 1. The predicted octanol–water partition coefficient (Wildman–Crippen LogP) is 2.78. The first-order valence-corrected chi connectivity index (χ1v) is 4.89. The summed E-state index contributed by atoms with van der Waals surface area (Å²) < 4.78 is 0. The molecule has 1 heterocycles. The molecule has 0 aliphatic rings. The minimum absolute atomic E-state index is 0.0763. The smallest absolute Gasteiger partial charge is 0.187 e. The first kappa shape index (κ1) is 8.20. The van der Waals surface area contributed by atoms with Gasteiger partial charge < -0.3 is 0 Å². The Bertz CT molecular complexity index is 446. The maximum absolute atomic E-state index is 11.5. The minimum Gasteiger partial charge on any atom is -0.289 e. The van der Waals surface area contributed by atoms with Gasteiger partial charge >= 0.3 is 0 Å². The molecule has 1 aromatic carbocycles. The van der Waals surface area contributed by atoms with Crippen LogP contribution in [0.2, 0.25) is 0 Å². The molecule has 0 aliphatic carbocycles. The molecule has 13 heavy (non-hydrogen) atoms. The fraction of sp³-hybridized carbons (Fsp3) is 0. The summed E-state index contributed by atoms with van der Waals surface area (Å²) in [6.45, 7) is 0. The van der Waals surface area contributed by atoms with Crippen molar-refractivity contribution in [3.63, 3.8) is 0 Å². The van der Waals surface area contributed by atoms with E-state index in [0.717, 1.165) is 10.4 Å². The Balaban J connectivity index is 2.67. The zero-order chi connectivity index (χ0) is 9.10. The van der Waals surface area contributed by atoms with Crippen molar-refractivity contribution in [2.45, 2.75) is 0 Å². The Labute approximate surface area is 80.3 Å². The second-order valence-electron chi connectivity index (χ2n) is 2.67. The van der Waals surface area contributed by atoms with Crippen LogP contribution in [0, 0.1) is 0 Å². The molecular formula is C11H8OS. The lowest BCUT2D eigenvalue weighted by Crippen LogP contribution is -1.96. The third-order valence-corrected chi connectivity index (χ3v) is 2.69. The average molecular weight is 188 g/mol. The molecule has 2 aromatic rings. The second-order valence-corrected chi connectivity index (χ2v) is 3.61. The molecule has 2 rings (SSSR count). The van der Waals surface area contributed by atoms with E-state index in [4.69, 9.17) is 0 Å². The van der Waals surface area contributed by atoms with E-state index >= 15 is 0 Å². The van der Waals surface area contributed by atoms with Crippen molar-refractivity contribution in [2.24, 2.45) is 0 Å². The van der Waals surface area contributed by atoms with E-state index in [9.17, 15) is 4.79 Å². The summed E-state index contributed by atoms with van der Waals surface area (Å²) in [5.74, 6) is 0. The van der Waals surface area contributed by atoms with Gasteiger partial charge in [0.1, 0.15) is 0 Å². The van der Waals surface area contributed by atoms with Crippen LogP contribution in [0.3, 0.4) is 0 Å². The van der Waals surface area contributed by atoms with Crippen LogP contribution in [0.1, 0.15) is 0 Å². The molecule has 0 saturated heterocycles. The van der Waals surface area contributed by atoms with Crippen molar-refractivity contribution < 1.29 is 0 Å². The lowest BCUT2D eigenvalue weighted by atomic mass is 10.2. The minimum atomic E-state index is 0.0763. The summed E-state index contributed by atoms with van der Waals surface area (Å²) >= 11 is 1.59. The molecule has 2 heteroatoms. The highest BCUT2D eigenvalue weighted by Gasteiger charge is 1.99. The van der Waals surface area contributed by atoms with E-state index in [-0.39, 0.29) is 5.43 Å². The quantitative estimate of drug-likeness (QED) is 0.672. The van der Waals surface area contributed by atoms with Crippen molar-refractivity contribution in [2.75, 3.05) is 0 Å². The Morgan fingerprint density at radius 1 is 0.923 bits per heavy atom. The normalized spacial score (nSPS) is 9.85. The molecule has 1 nitrogen and oxygen atoms in total. The SMILES string of the molecule is O=c1cccccc1-c1cccs1. The van der Waals surface area contributed by atoms with Gasteiger partial charge in [-0.05, 0) is 23.6 Å². The summed E-state index contributed by atoms with van der Waals surface area (Å²) in [4.78, 5) is 12.6. The molecule has 1 aromatic heterocycles. The third kappa shape index (κ3) is 1.68. The summed E-state index contributed by atoms with van der Waals surface area (Å²) in [5, 5.41) is 1.97. The fourth-order valence-corrected chi connectivity index (χ4v) is 1.92. The van der Waals surface area contributed by atoms with Gasteiger partial charge in [-0.15, -0.1) is 11.3 Å². The summed E-state index contributed by atoms with van der Waals surface area (Å²) in [7, 11) is 0. The molecule has 0 saturated carbocycles. The summed E-state index contributed by atoms with van der Waals surface area (Å²) in [6, 6.07) is 12.9. The number of rotatable bonds is 1. The van der Waals surface area contributed by atoms with Gasteiger partial charge in [-0.2, -0.15) is 0 Å². The van der Waals surface area contributed by atoms with Crippen LogP contribution < -0.4 is 5.43 Å². The van der Waals surface area contributed by atoms with Gasteiger partial charge in [0.2, 0.25) is 0 Å². The largest absolute Gasteiger partial charge is 0.289 e. The molecule has 0 spiro atoms. The zero-order valence-corrected chi connectivity index (χ0v) is 7.75. The van der Waals surface area contributed by atoms with Crippen molar-refractivity contribution in [3.8, 4) is 10.4 Å². The standard InChI is InChI=1S/C11H8OS/c12-10-6-3-1-2-5-9(10)11-7-4-8-13-11/h1-8H. The molecule has 0 bridgehead atoms. The topological polar surface area (TPSA) is 17.1 Å². The van der Waals surface area contributed by atoms with Gasteiger partial charge in [-0.1, -0.05) is 24.3 Å². The first-order valence-electron chi connectivity index (χ1n) is 4.01. The van der Waals surface area contributed by atoms with Gasteiger partial charge in [0.25, 0.3) is 0 Å².